The van der Waals surface area contributed by atoms with Crippen molar-refractivity contribution >= 4 is 39.2 Å². The lowest BCUT2D eigenvalue weighted by molar-refractivity contribution is -0.150. The van der Waals surface area contributed by atoms with Gasteiger partial charge in [0.05, 0.1) is 10.6 Å². The summed E-state index contributed by atoms with van der Waals surface area (Å²) in [7, 11) is -3.96. The molecule has 11 heteroatoms. The molecule has 1 atom stereocenters. The Balaban J connectivity index is 1.63. The van der Waals surface area contributed by atoms with Crippen LogP contribution in [0.25, 0.3) is 0 Å². The van der Waals surface area contributed by atoms with Gasteiger partial charge in [0, 0.05) is 17.6 Å². The summed E-state index contributed by atoms with van der Waals surface area (Å²) in [6.07, 6.45) is 0.680. The van der Waals surface area contributed by atoms with Gasteiger partial charge >= 0.3 is 5.97 Å². The van der Waals surface area contributed by atoms with E-state index in [0.29, 0.717) is 17.5 Å². The third-order valence-corrected chi connectivity index (χ3v) is 6.62. The lowest BCUT2D eigenvalue weighted by Crippen LogP contribution is -2.42. The van der Waals surface area contributed by atoms with E-state index in [0.717, 1.165) is 16.4 Å². The fraction of sp³-hybridized carbons (Fsp3) is 0.263. The van der Waals surface area contributed by atoms with Crippen LogP contribution in [0.2, 0.25) is 5.02 Å². The molecule has 0 bridgehead atoms. The third-order valence-electron chi connectivity index (χ3n) is 4.45. The summed E-state index contributed by atoms with van der Waals surface area (Å²) in [6.45, 7) is -0.626. The molecule has 1 amide bonds. The molecule has 0 aliphatic carbocycles. The molecule has 0 saturated carbocycles. The van der Waals surface area contributed by atoms with E-state index in [1.165, 1.54) is 24.3 Å². The minimum absolute atomic E-state index is 0.0175. The van der Waals surface area contributed by atoms with Crippen LogP contribution < -0.4 is 5.32 Å². The number of hydrogen-bond acceptors (Lipinski definition) is 5. The Kier molecular flexibility index (Phi) is 6.69. The smallest absolute Gasteiger partial charge is 0.324 e. The van der Waals surface area contributed by atoms with Crippen LogP contribution >= 0.6 is 11.6 Å². The molecule has 2 aromatic rings. The maximum Gasteiger partial charge on any atom is 0.324 e. The van der Waals surface area contributed by atoms with Gasteiger partial charge in [-0.15, -0.1) is 0 Å². The number of amides is 1. The maximum atomic E-state index is 13.6. The summed E-state index contributed by atoms with van der Waals surface area (Å²) in [5.41, 5.74) is -0.273. The molecule has 3 rings (SSSR count). The molecular weight excluding hydrogens is 442 g/mol. The number of benzene rings is 2. The molecule has 0 radical (unpaired) electrons. The van der Waals surface area contributed by atoms with Crippen LogP contribution in [0.4, 0.5) is 14.5 Å². The van der Waals surface area contributed by atoms with Crippen molar-refractivity contribution in [1.29, 1.82) is 0 Å². The van der Waals surface area contributed by atoms with Gasteiger partial charge in [0.2, 0.25) is 10.0 Å². The largest absolute Gasteiger partial charge is 0.454 e. The number of nitrogens with one attached hydrogen (secondary N) is 1. The van der Waals surface area contributed by atoms with Gasteiger partial charge in [-0.3, -0.25) is 9.59 Å². The summed E-state index contributed by atoms with van der Waals surface area (Å²) in [6, 6.07) is 7.03. The summed E-state index contributed by atoms with van der Waals surface area (Å²) in [4.78, 5) is 24.3. The second-order valence-electron chi connectivity index (χ2n) is 6.51. The normalized spacial score (nSPS) is 17.0. The molecule has 30 heavy (non-hydrogen) atoms. The first-order valence-corrected chi connectivity index (χ1v) is 10.7. The number of nitrogens with zero attached hydrogens (tertiary/aromatic N) is 1. The van der Waals surface area contributed by atoms with Crippen molar-refractivity contribution < 1.29 is 31.5 Å². The lowest BCUT2D eigenvalue weighted by atomic mass is 10.2. The van der Waals surface area contributed by atoms with Crippen molar-refractivity contribution in [2.75, 3.05) is 18.5 Å². The van der Waals surface area contributed by atoms with Gasteiger partial charge in [-0.25, -0.2) is 17.2 Å². The van der Waals surface area contributed by atoms with Crippen LogP contribution in [0.15, 0.2) is 47.4 Å². The third kappa shape index (κ3) is 4.94. The molecule has 0 spiro atoms. The van der Waals surface area contributed by atoms with Crippen LogP contribution in [0.5, 0.6) is 0 Å². The number of hydrogen-bond donors (Lipinski definition) is 1. The van der Waals surface area contributed by atoms with E-state index >= 15 is 0 Å². The molecule has 160 valence electrons. The molecule has 1 N–H and O–H groups in total. The SMILES string of the molecule is O=C(COC(=O)[C@@H]1CCCN1S(=O)(=O)c1ccc(Cl)cc1)Nc1ccc(F)cc1F. The second kappa shape index (κ2) is 9.07. The molecule has 1 aliphatic heterocycles. The van der Waals surface area contributed by atoms with Crippen molar-refractivity contribution in [1.82, 2.24) is 4.31 Å². The lowest BCUT2D eigenvalue weighted by Gasteiger charge is -2.22. The summed E-state index contributed by atoms with van der Waals surface area (Å²) in [5.74, 6) is -3.52. The number of carbonyl (C=O) groups is 2. The zero-order valence-electron chi connectivity index (χ0n) is 15.5. The number of rotatable bonds is 6. The van der Waals surface area contributed by atoms with Crippen LogP contribution in [0.3, 0.4) is 0 Å². The van der Waals surface area contributed by atoms with Gasteiger partial charge in [-0.2, -0.15) is 4.31 Å². The highest BCUT2D eigenvalue weighted by atomic mass is 35.5. The molecular formula is C19H17ClF2N2O5S. The average Bonchev–Trinajstić information content (AvgIpc) is 3.19. The van der Waals surface area contributed by atoms with Gasteiger partial charge in [-0.05, 0) is 49.2 Å². The van der Waals surface area contributed by atoms with Gasteiger partial charge in [0.1, 0.15) is 17.7 Å². The van der Waals surface area contributed by atoms with E-state index in [4.69, 9.17) is 16.3 Å². The average molecular weight is 459 g/mol. The van der Waals surface area contributed by atoms with Gasteiger partial charge < -0.3 is 10.1 Å². The first kappa shape index (κ1) is 22.1. The molecule has 0 unspecified atom stereocenters. The maximum absolute atomic E-state index is 13.6. The van der Waals surface area contributed by atoms with Crippen LogP contribution in [0.1, 0.15) is 12.8 Å². The second-order valence-corrected chi connectivity index (χ2v) is 8.83. The predicted octanol–water partition coefficient (Wildman–Crippen LogP) is 2.95. The van der Waals surface area contributed by atoms with E-state index < -0.39 is 46.2 Å². The van der Waals surface area contributed by atoms with Crippen molar-refractivity contribution in [3.05, 3.63) is 59.1 Å². The first-order valence-electron chi connectivity index (χ1n) is 8.87. The summed E-state index contributed by atoms with van der Waals surface area (Å²) in [5, 5.41) is 2.52. The highest BCUT2D eigenvalue weighted by Crippen LogP contribution is 2.27. The quantitative estimate of drug-likeness (QED) is 0.672. The molecule has 0 aromatic heterocycles. The van der Waals surface area contributed by atoms with Crippen LogP contribution in [-0.2, 0) is 24.3 Å². The van der Waals surface area contributed by atoms with Gasteiger partial charge in [0.15, 0.2) is 6.61 Å². The Morgan fingerprint density at radius 2 is 1.87 bits per heavy atom. The highest BCUT2D eigenvalue weighted by molar-refractivity contribution is 7.89. The molecule has 7 nitrogen and oxygen atoms in total. The number of carbonyl (C=O) groups excluding carboxylic acids is 2. The van der Waals surface area contributed by atoms with Crippen molar-refractivity contribution in [2.24, 2.45) is 0 Å². The van der Waals surface area contributed by atoms with Crippen molar-refractivity contribution in [2.45, 2.75) is 23.8 Å². The molecule has 1 fully saturated rings. The zero-order chi connectivity index (χ0) is 21.9. The number of halogens is 3. The van der Waals surface area contributed by atoms with E-state index in [1.807, 2.05) is 0 Å². The molecule has 1 heterocycles. The molecule has 2 aromatic carbocycles. The first-order chi connectivity index (χ1) is 14.2. The Morgan fingerprint density at radius 3 is 2.53 bits per heavy atom. The number of sulfonamides is 1. The molecule has 1 saturated heterocycles. The van der Waals surface area contributed by atoms with E-state index in [-0.39, 0.29) is 23.5 Å². The topological polar surface area (TPSA) is 92.8 Å². The highest BCUT2D eigenvalue weighted by Gasteiger charge is 2.40. The Hall–Kier alpha value is -2.56. The Labute approximate surface area is 176 Å². The fourth-order valence-electron chi connectivity index (χ4n) is 3.02. The van der Waals surface area contributed by atoms with Crippen LogP contribution in [0, 0.1) is 11.6 Å². The van der Waals surface area contributed by atoms with Crippen molar-refractivity contribution in [3.8, 4) is 0 Å². The number of anilines is 1. The van der Waals surface area contributed by atoms with Crippen LogP contribution in [-0.4, -0.2) is 43.8 Å². The number of ether oxygens (including phenoxy) is 1. The van der Waals surface area contributed by atoms with Gasteiger partial charge in [0.25, 0.3) is 5.91 Å². The summed E-state index contributed by atoms with van der Waals surface area (Å²) >= 11 is 5.78. The standard InChI is InChI=1S/C19H17ClF2N2O5S/c20-12-3-6-14(7-4-12)30(27,28)24-9-1-2-17(24)19(26)29-11-18(25)23-16-8-5-13(21)10-15(16)22/h3-8,10,17H,1-2,9,11H2,(H,23,25)/t17-/m0/s1. The van der Waals surface area contributed by atoms with E-state index in [1.54, 1.807) is 0 Å². The monoisotopic (exact) mass is 458 g/mol. The Morgan fingerprint density at radius 1 is 1.17 bits per heavy atom. The van der Waals surface area contributed by atoms with Gasteiger partial charge in [-0.1, -0.05) is 11.6 Å². The van der Waals surface area contributed by atoms with E-state index in [2.05, 4.69) is 5.32 Å². The Bertz CT molecular complexity index is 1060. The van der Waals surface area contributed by atoms with E-state index in [9.17, 15) is 26.8 Å². The minimum Gasteiger partial charge on any atom is -0.454 e. The number of esters is 1. The van der Waals surface area contributed by atoms with Crippen molar-refractivity contribution in [3.63, 3.8) is 0 Å². The molecule has 1 aliphatic rings. The predicted molar refractivity (Wildman–Crippen MR) is 104 cm³/mol. The fourth-order valence-corrected chi connectivity index (χ4v) is 4.79. The summed E-state index contributed by atoms with van der Waals surface area (Å²) < 4.78 is 58.1. The minimum atomic E-state index is -3.96. The zero-order valence-corrected chi connectivity index (χ0v) is 17.1.